The molecule has 0 spiro atoms. The molecular formula is C13H14N2O. The van der Waals surface area contributed by atoms with Crippen LogP contribution in [0.5, 0.6) is 0 Å². The molecule has 3 nitrogen and oxygen atoms in total. The molecule has 3 heteroatoms. The minimum absolute atomic E-state index is 0.00781. The fraction of sp³-hybridized carbons (Fsp3) is 0.462. The van der Waals surface area contributed by atoms with Gasteiger partial charge < -0.3 is 0 Å². The van der Waals surface area contributed by atoms with E-state index in [0.717, 1.165) is 30.5 Å². The van der Waals surface area contributed by atoms with Gasteiger partial charge in [-0.2, -0.15) is 5.26 Å². The Morgan fingerprint density at radius 1 is 1.56 bits per heavy atom. The number of Topliss-reactive ketones (excluding diaryl/α,β-unsaturated/α-hetero) is 1. The molecule has 0 saturated heterocycles. The number of nitrogens with zero attached hydrogens (tertiary/aromatic N) is 2. The molecule has 0 bridgehead atoms. The predicted molar refractivity (Wildman–Crippen MR) is 59.7 cm³/mol. The van der Waals surface area contributed by atoms with Crippen LogP contribution in [0, 0.1) is 18.3 Å². The van der Waals surface area contributed by atoms with Crippen molar-refractivity contribution in [2.75, 3.05) is 0 Å². The summed E-state index contributed by atoms with van der Waals surface area (Å²) >= 11 is 0. The standard InChI is InChI=1S/C13H14N2O/c1-10-3-4-11(9-15-10)13(6-2-7-13)12(16)5-8-14/h3-4,9H,2,5-7H2,1H3. The molecule has 0 aliphatic heterocycles. The Labute approximate surface area is 95.1 Å². The fourth-order valence-electron chi connectivity index (χ4n) is 2.25. The molecule has 0 unspecified atom stereocenters. The highest BCUT2D eigenvalue weighted by molar-refractivity contribution is 5.92. The molecule has 2 rings (SSSR count). The Balaban J connectivity index is 2.32. The van der Waals surface area contributed by atoms with Crippen LogP contribution in [0.15, 0.2) is 18.3 Å². The van der Waals surface area contributed by atoms with Crippen LogP contribution in [0.25, 0.3) is 0 Å². The van der Waals surface area contributed by atoms with Crippen LogP contribution in [-0.2, 0) is 10.2 Å². The predicted octanol–water partition coefficient (Wildman–Crippen LogP) is 2.29. The number of pyridine rings is 1. The number of ketones is 1. The first-order valence-corrected chi connectivity index (χ1v) is 5.52. The Morgan fingerprint density at radius 3 is 2.75 bits per heavy atom. The molecule has 1 aromatic heterocycles. The van der Waals surface area contributed by atoms with E-state index in [1.54, 1.807) is 6.20 Å². The number of nitriles is 1. The molecule has 1 aliphatic rings. The van der Waals surface area contributed by atoms with Crippen LogP contribution in [0.2, 0.25) is 0 Å². The van der Waals surface area contributed by atoms with Crippen LogP contribution in [0.1, 0.15) is 36.9 Å². The third kappa shape index (κ3) is 1.61. The molecule has 1 aliphatic carbocycles. The summed E-state index contributed by atoms with van der Waals surface area (Å²) in [6, 6.07) is 5.85. The minimum Gasteiger partial charge on any atom is -0.298 e. The second kappa shape index (κ2) is 4.05. The fourth-order valence-corrected chi connectivity index (χ4v) is 2.25. The Kier molecular flexibility index (Phi) is 2.74. The van der Waals surface area contributed by atoms with Crippen molar-refractivity contribution in [1.82, 2.24) is 4.98 Å². The van der Waals surface area contributed by atoms with E-state index < -0.39 is 5.41 Å². The zero-order valence-electron chi connectivity index (χ0n) is 9.36. The van der Waals surface area contributed by atoms with E-state index in [1.807, 2.05) is 25.1 Å². The van der Waals surface area contributed by atoms with Crippen molar-refractivity contribution in [3.05, 3.63) is 29.6 Å². The highest BCUT2D eigenvalue weighted by atomic mass is 16.1. The van der Waals surface area contributed by atoms with E-state index in [1.165, 1.54) is 0 Å². The summed E-state index contributed by atoms with van der Waals surface area (Å²) in [4.78, 5) is 16.2. The van der Waals surface area contributed by atoms with Crippen molar-refractivity contribution in [1.29, 1.82) is 5.26 Å². The molecule has 1 aromatic rings. The van der Waals surface area contributed by atoms with Crippen LogP contribution >= 0.6 is 0 Å². The molecule has 0 aromatic carbocycles. The van der Waals surface area contributed by atoms with Gasteiger partial charge in [0.2, 0.25) is 0 Å². The van der Waals surface area contributed by atoms with Crippen molar-refractivity contribution in [3.63, 3.8) is 0 Å². The first kappa shape index (κ1) is 10.8. The number of rotatable bonds is 3. The zero-order valence-corrected chi connectivity index (χ0v) is 9.36. The van der Waals surface area contributed by atoms with Crippen LogP contribution in [-0.4, -0.2) is 10.8 Å². The van der Waals surface area contributed by atoms with Gasteiger partial charge in [0.05, 0.1) is 17.9 Å². The van der Waals surface area contributed by atoms with E-state index in [-0.39, 0.29) is 12.2 Å². The van der Waals surface area contributed by atoms with Crippen LogP contribution < -0.4 is 0 Å². The number of carbonyl (C=O) groups excluding carboxylic acids is 1. The number of hydrogen-bond acceptors (Lipinski definition) is 3. The van der Waals surface area contributed by atoms with Crippen molar-refractivity contribution in [2.24, 2.45) is 0 Å². The van der Waals surface area contributed by atoms with E-state index in [4.69, 9.17) is 5.26 Å². The van der Waals surface area contributed by atoms with Gasteiger partial charge >= 0.3 is 0 Å². The molecule has 1 heterocycles. The van der Waals surface area contributed by atoms with Gasteiger partial charge in [0.15, 0.2) is 5.78 Å². The molecule has 0 amide bonds. The Morgan fingerprint density at radius 2 is 2.31 bits per heavy atom. The van der Waals surface area contributed by atoms with E-state index in [0.29, 0.717) is 0 Å². The lowest BCUT2D eigenvalue weighted by molar-refractivity contribution is -0.126. The molecular weight excluding hydrogens is 200 g/mol. The lowest BCUT2D eigenvalue weighted by Gasteiger charge is -2.40. The van der Waals surface area contributed by atoms with Gasteiger partial charge in [0, 0.05) is 11.9 Å². The summed E-state index contributed by atoms with van der Waals surface area (Å²) in [7, 11) is 0. The molecule has 0 atom stereocenters. The lowest BCUT2D eigenvalue weighted by atomic mass is 9.62. The summed E-state index contributed by atoms with van der Waals surface area (Å²) < 4.78 is 0. The number of aromatic nitrogens is 1. The van der Waals surface area contributed by atoms with Gasteiger partial charge in [-0.3, -0.25) is 9.78 Å². The average molecular weight is 214 g/mol. The molecule has 0 radical (unpaired) electrons. The monoisotopic (exact) mass is 214 g/mol. The number of hydrogen-bond donors (Lipinski definition) is 0. The zero-order chi connectivity index (χ0) is 11.6. The topological polar surface area (TPSA) is 53.8 Å². The third-order valence-corrected chi connectivity index (χ3v) is 3.44. The maximum Gasteiger partial charge on any atom is 0.157 e. The van der Waals surface area contributed by atoms with Gasteiger partial charge in [-0.15, -0.1) is 0 Å². The largest absolute Gasteiger partial charge is 0.298 e. The summed E-state index contributed by atoms with van der Waals surface area (Å²) in [6.07, 6.45) is 4.57. The average Bonchev–Trinajstić information content (AvgIpc) is 2.19. The van der Waals surface area contributed by atoms with Crippen molar-refractivity contribution < 1.29 is 4.79 Å². The molecule has 82 valence electrons. The summed E-state index contributed by atoms with van der Waals surface area (Å²) in [5, 5.41) is 8.62. The normalized spacial score (nSPS) is 17.2. The highest BCUT2D eigenvalue weighted by Gasteiger charge is 2.44. The quantitative estimate of drug-likeness (QED) is 0.775. The van der Waals surface area contributed by atoms with Crippen molar-refractivity contribution in [2.45, 2.75) is 38.0 Å². The van der Waals surface area contributed by atoms with Gasteiger partial charge in [-0.1, -0.05) is 12.5 Å². The highest BCUT2D eigenvalue weighted by Crippen LogP contribution is 2.44. The Bertz CT molecular complexity index is 438. The van der Waals surface area contributed by atoms with Crippen molar-refractivity contribution in [3.8, 4) is 6.07 Å². The number of carbonyl (C=O) groups is 1. The summed E-state index contributed by atoms with van der Waals surface area (Å²) in [5.74, 6) is 0.0481. The van der Waals surface area contributed by atoms with Crippen LogP contribution in [0.3, 0.4) is 0 Å². The van der Waals surface area contributed by atoms with Gasteiger partial charge in [-0.05, 0) is 31.4 Å². The van der Waals surface area contributed by atoms with E-state index in [9.17, 15) is 4.79 Å². The molecule has 16 heavy (non-hydrogen) atoms. The third-order valence-electron chi connectivity index (χ3n) is 3.44. The van der Waals surface area contributed by atoms with Crippen molar-refractivity contribution >= 4 is 5.78 Å². The first-order chi connectivity index (χ1) is 7.69. The van der Waals surface area contributed by atoms with Gasteiger partial charge in [0.1, 0.15) is 0 Å². The lowest BCUT2D eigenvalue weighted by Crippen LogP contribution is -2.42. The van der Waals surface area contributed by atoms with E-state index >= 15 is 0 Å². The second-order valence-electron chi connectivity index (χ2n) is 4.38. The molecule has 1 saturated carbocycles. The van der Waals surface area contributed by atoms with Gasteiger partial charge in [-0.25, -0.2) is 0 Å². The van der Waals surface area contributed by atoms with Gasteiger partial charge in [0.25, 0.3) is 0 Å². The maximum atomic E-state index is 12.0. The van der Waals surface area contributed by atoms with Crippen LogP contribution in [0.4, 0.5) is 0 Å². The second-order valence-corrected chi connectivity index (χ2v) is 4.38. The smallest absolute Gasteiger partial charge is 0.157 e. The van der Waals surface area contributed by atoms with E-state index in [2.05, 4.69) is 4.98 Å². The summed E-state index contributed by atoms with van der Waals surface area (Å²) in [5.41, 5.74) is 1.52. The number of aryl methyl sites for hydroxylation is 1. The maximum absolute atomic E-state index is 12.0. The minimum atomic E-state index is -0.406. The SMILES string of the molecule is Cc1ccc(C2(C(=O)CC#N)CCC2)cn1. The molecule has 1 fully saturated rings. The molecule has 0 N–H and O–H groups in total. The Hall–Kier alpha value is -1.69. The summed E-state index contributed by atoms with van der Waals surface area (Å²) in [6.45, 7) is 1.92. The first-order valence-electron chi connectivity index (χ1n) is 5.52.